The highest BCUT2D eigenvalue weighted by atomic mass is 32.2. The van der Waals surface area contributed by atoms with E-state index in [0.717, 1.165) is 36.4 Å². The molecular formula is C14H25N3O2S2. The van der Waals surface area contributed by atoms with Gasteiger partial charge in [0.25, 0.3) is 10.0 Å². The molecule has 0 amide bonds. The number of likely N-dealkylation sites (tertiary alicyclic amines) is 1. The van der Waals surface area contributed by atoms with Gasteiger partial charge in [-0.2, -0.15) is 4.31 Å². The number of aryl methyl sites for hydroxylation is 1. The molecule has 1 saturated heterocycles. The lowest BCUT2D eigenvalue weighted by Crippen LogP contribution is -2.44. The molecule has 7 heteroatoms. The summed E-state index contributed by atoms with van der Waals surface area (Å²) in [7, 11) is 2.30. The molecule has 0 atom stereocenters. The van der Waals surface area contributed by atoms with Crippen molar-refractivity contribution in [3.05, 3.63) is 16.5 Å². The van der Waals surface area contributed by atoms with Crippen molar-refractivity contribution in [1.29, 1.82) is 0 Å². The van der Waals surface area contributed by atoms with Crippen LogP contribution in [0, 0.1) is 6.92 Å². The first-order valence-electron chi connectivity index (χ1n) is 7.26. The lowest BCUT2D eigenvalue weighted by molar-refractivity contribution is 0.198. The first-order valence-corrected chi connectivity index (χ1v) is 9.52. The standard InChI is InChI=1S/C14H25N3O2S2/c1-11-9-14(20-13(11)10-15-2)21(18,19)17(4)12-5-7-16(3)8-6-12/h9,12,15H,5-8,10H2,1-4H3. The van der Waals surface area contributed by atoms with Crippen molar-refractivity contribution in [2.24, 2.45) is 0 Å². The predicted molar refractivity (Wildman–Crippen MR) is 87.3 cm³/mol. The van der Waals surface area contributed by atoms with Gasteiger partial charge in [-0.1, -0.05) is 0 Å². The zero-order valence-corrected chi connectivity index (χ0v) is 14.9. The van der Waals surface area contributed by atoms with Crippen LogP contribution in [0.1, 0.15) is 23.3 Å². The smallest absolute Gasteiger partial charge is 0.252 e. The van der Waals surface area contributed by atoms with E-state index in [2.05, 4.69) is 17.3 Å². The van der Waals surface area contributed by atoms with Gasteiger partial charge in [-0.25, -0.2) is 8.42 Å². The van der Waals surface area contributed by atoms with E-state index in [-0.39, 0.29) is 6.04 Å². The van der Waals surface area contributed by atoms with Crippen LogP contribution in [0.25, 0.3) is 0 Å². The van der Waals surface area contributed by atoms with Gasteiger partial charge in [-0.05, 0) is 58.6 Å². The van der Waals surface area contributed by atoms with Crippen molar-refractivity contribution in [2.75, 3.05) is 34.2 Å². The van der Waals surface area contributed by atoms with Crippen LogP contribution in [0.3, 0.4) is 0 Å². The van der Waals surface area contributed by atoms with Crippen molar-refractivity contribution in [1.82, 2.24) is 14.5 Å². The molecule has 1 N–H and O–H groups in total. The van der Waals surface area contributed by atoms with Crippen LogP contribution in [0.15, 0.2) is 10.3 Å². The Labute approximate surface area is 132 Å². The van der Waals surface area contributed by atoms with E-state index < -0.39 is 10.0 Å². The fourth-order valence-electron chi connectivity index (χ4n) is 2.65. The van der Waals surface area contributed by atoms with E-state index >= 15 is 0 Å². The molecule has 0 radical (unpaired) electrons. The molecule has 2 rings (SSSR count). The molecule has 0 bridgehead atoms. The molecule has 2 heterocycles. The van der Waals surface area contributed by atoms with Gasteiger partial charge < -0.3 is 10.2 Å². The summed E-state index contributed by atoms with van der Waals surface area (Å²) >= 11 is 1.38. The van der Waals surface area contributed by atoms with Crippen LogP contribution in [0.5, 0.6) is 0 Å². The summed E-state index contributed by atoms with van der Waals surface area (Å²) in [6.45, 7) is 4.60. The van der Waals surface area contributed by atoms with Crippen LogP contribution in [0.2, 0.25) is 0 Å². The number of hydrogen-bond donors (Lipinski definition) is 1. The Kier molecular flexibility index (Phi) is 5.43. The second kappa shape index (κ2) is 6.75. The fourth-order valence-corrected chi connectivity index (χ4v) is 5.85. The highest BCUT2D eigenvalue weighted by Gasteiger charge is 2.31. The Morgan fingerprint density at radius 3 is 2.62 bits per heavy atom. The molecule has 0 unspecified atom stereocenters. The zero-order chi connectivity index (χ0) is 15.6. The van der Waals surface area contributed by atoms with E-state index in [4.69, 9.17) is 0 Å². The minimum atomic E-state index is -3.37. The summed E-state index contributed by atoms with van der Waals surface area (Å²) in [6, 6.07) is 1.92. The Balaban J connectivity index is 2.18. The van der Waals surface area contributed by atoms with Crippen LogP contribution in [-0.4, -0.2) is 57.9 Å². The molecule has 1 aromatic rings. The van der Waals surface area contributed by atoms with Gasteiger partial charge in [-0.3, -0.25) is 0 Å². The summed E-state index contributed by atoms with van der Waals surface area (Å²) < 4.78 is 27.6. The van der Waals surface area contributed by atoms with Gasteiger partial charge in [0.15, 0.2) is 0 Å². The first-order chi connectivity index (χ1) is 9.86. The third-order valence-electron chi connectivity index (χ3n) is 4.17. The third kappa shape index (κ3) is 3.65. The molecule has 1 aromatic heterocycles. The first kappa shape index (κ1) is 16.9. The topological polar surface area (TPSA) is 52.7 Å². The Hall–Kier alpha value is -0.470. The Morgan fingerprint density at radius 2 is 2.05 bits per heavy atom. The average Bonchev–Trinajstić information content (AvgIpc) is 2.81. The summed E-state index contributed by atoms with van der Waals surface area (Å²) in [6.07, 6.45) is 1.81. The Morgan fingerprint density at radius 1 is 1.43 bits per heavy atom. The van der Waals surface area contributed by atoms with E-state index in [1.165, 1.54) is 11.3 Å². The van der Waals surface area contributed by atoms with Gasteiger partial charge in [0.2, 0.25) is 0 Å². The number of rotatable bonds is 5. The average molecular weight is 332 g/mol. The van der Waals surface area contributed by atoms with Gasteiger partial charge in [-0.15, -0.1) is 11.3 Å². The number of nitrogens with zero attached hydrogens (tertiary/aromatic N) is 2. The monoisotopic (exact) mass is 331 g/mol. The summed E-state index contributed by atoms with van der Waals surface area (Å²) in [5, 5.41) is 3.08. The minimum absolute atomic E-state index is 0.112. The van der Waals surface area contributed by atoms with Crippen molar-refractivity contribution >= 4 is 21.4 Å². The van der Waals surface area contributed by atoms with E-state index in [1.54, 1.807) is 17.4 Å². The lowest BCUT2D eigenvalue weighted by Gasteiger charge is -2.34. The van der Waals surface area contributed by atoms with Crippen LogP contribution in [0.4, 0.5) is 0 Å². The normalized spacial score (nSPS) is 18.5. The second-order valence-electron chi connectivity index (χ2n) is 5.76. The SMILES string of the molecule is CNCc1sc(S(=O)(=O)N(C)C2CCN(C)CC2)cc1C. The minimum Gasteiger partial charge on any atom is -0.315 e. The number of thiophene rings is 1. The summed E-state index contributed by atoms with van der Waals surface area (Å²) in [5.74, 6) is 0. The number of piperidine rings is 1. The molecule has 1 aliphatic rings. The maximum absolute atomic E-state index is 12.8. The lowest BCUT2D eigenvalue weighted by atomic mass is 10.1. The van der Waals surface area contributed by atoms with E-state index in [1.807, 2.05) is 14.0 Å². The molecule has 0 aliphatic carbocycles. The van der Waals surface area contributed by atoms with Crippen LogP contribution < -0.4 is 5.32 Å². The quantitative estimate of drug-likeness (QED) is 0.888. The molecule has 0 spiro atoms. The summed E-state index contributed by atoms with van der Waals surface area (Å²) in [5.41, 5.74) is 1.05. The fraction of sp³-hybridized carbons (Fsp3) is 0.714. The second-order valence-corrected chi connectivity index (χ2v) is 9.12. The largest absolute Gasteiger partial charge is 0.315 e. The van der Waals surface area contributed by atoms with Gasteiger partial charge in [0, 0.05) is 24.5 Å². The maximum Gasteiger partial charge on any atom is 0.252 e. The molecule has 0 saturated carbocycles. The predicted octanol–water partition coefficient (Wildman–Crippen LogP) is 1.49. The highest BCUT2D eigenvalue weighted by molar-refractivity contribution is 7.91. The molecule has 0 aromatic carbocycles. The number of hydrogen-bond acceptors (Lipinski definition) is 5. The highest BCUT2D eigenvalue weighted by Crippen LogP contribution is 2.30. The molecule has 21 heavy (non-hydrogen) atoms. The number of nitrogens with one attached hydrogen (secondary N) is 1. The van der Waals surface area contributed by atoms with Crippen LogP contribution in [-0.2, 0) is 16.6 Å². The van der Waals surface area contributed by atoms with Crippen LogP contribution >= 0.6 is 11.3 Å². The molecule has 1 aliphatic heterocycles. The van der Waals surface area contributed by atoms with E-state index in [0.29, 0.717) is 10.8 Å². The van der Waals surface area contributed by atoms with Crippen molar-refractivity contribution in [2.45, 2.75) is 36.6 Å². The number of sulfonamides is 1. The van der Waals surface area contributed by atoms with Crippen molar-refractivity contribution in [3.8, 4) is 0 Å². The van der Waals surface area contributed by atoms with Gasteiger partial charge >= 0.3 is 0 Å². The molecule has 120 valence electrons. The van der Waals surface area contributed by atoms with Crippen molar-refractivity contribution < 1.29 is 8.42 Å². The molecular weight excluding hydrogens is 306 g/mol. The zero-order valence-electron chi connectivity index (χ0n) is 13.2. The Bertz CT molecular complexity index is 575. The molecule has 1 fully saturated rings. The third-order valence-corrected chi connectivity index (χ3v) is 7.77. The van der Waals surface area contributed by atoms with Gasteiger partial charge in [0.1, 0.15) is 4.21 Å². The van der Waals surface area contributed by atoms with Crippen molar-refractivity contribution in [3.63, 3.8) is 0 Å². The maximum atomic E-state index is 12.8. The van der Waals surface area contributed by atoms with Gasteiger partial charge in [0.05, 0.1) is 0 Å². The molecule has 5 nitrogen and oxygen atoms in total. The summed E-state index contributed by atoms with van der Waals surface area (Å²) in [4.78, 5) is 3.34. The van der Waals surface area contributed by atoms with E-state index in [9.17, 15) is 8.42 Å².